The molecule has 1 N–H and O–H groups in total. The van der Waals surface area contributed by atoms with Gasteiger partial charge in [0.25, 0.3) is 0 Å². The summed E-state index contributed by atoms with van der Waals surface area (Å²) in [5.41, 5.74) is 2.12. The van der Waals surface area contributed by atoms with Crippen LogP contribution in [0.25, 0.3) is 0 Å². The standard InChI is InChI=1S/C32H39N5O5/c1-31(2,3)42-30(40)34-26(21-41-20-24-9-5-4-6-10-24)29(39)36-16-13-32(14-17-36)22-37(27-12-8-7-11-25(27)32)28(38)19-35-18-15-33-23-35/h4-12,15,18,23,26H,13-14,16-17,19-22H2,1-3H3,(H,34,40)/t26-/m1/s1. The van der Waals surface area contributed by atoms with Crippen molar-refractivity contribution in [2.24, 2.45) is 0 Å². The first-order valence-corrected chi connectivity index (χ1v) is 14.4. The molecule has 0 saturated carbocycles. The predicted molar refractivity (Wildman–Crippen MR) is 158 cm³/mol. The van der Waals surface area contributed by atoms with E-state index in [4.69, 9.17) is 9.47 Å². The van der Waals surface area contributed by atoms with Crippen LogP contribution in [0.15, 0.2) is 73.3 Å². The molecule has 1 atom stereocenters. The van der Waals surface area contributed by atoms with Crippen molar-refractivity contribution >= 4 is 23.6 Å². The number of hydrogen-bond acceptors (Lipinski definition) is 6. The first kappa shape index (κ1) is 29.3. The largest absolute Gasteiger partial charge is 0.444 e. The van der Waals surface area contributed by atoms with Gasteiger partial charge in [0.2, 0.25) is 11.8 Å². The molecule has 0 unspecified atom stereocenters. The highest BCUT2D eigenvalue weighted by atomic mass is 16.6. The van der Waals surface area contributed by atoms with E-state index in [9.17, 15) is 14.4 Å². The molecule has 1 aromatic heterocycles. The maximum atomic E-state index is 13.7. The third-order valence-electron chi connectivity index (χ3n) is 7.82. The molecule has 222 valence electrons. The number of likely N-dealkylation sites (tertiary alicyclic amines) is 1. The summed E-state index contributed by atoms with van der Waals surface area (Å²) >= 11 is 0. The van der Waals surface area contributed by atoms with E-state index < -0.39 is 17.7 Å². The van der Waals surface area contributed by atoms with Gasteiger partial charge in [-0.25, -0.2) is 9.78 Å². The molecule has 1 spiro atoms. The van der Waals surface area contributed by atoms with Gasteiger partial charge < -0.3 is 29.2 Å². The third-order valence-corrected chi connectivity index (χ3v) is 7.82. The number of piperidine rings is 1. The Morgan fingerprint density at radius 2 is 1.74 bits per heavy atom. The highest BCUT2D eigenvalue weighted by Crippen LogP contribution is 2.47. The van der Waals surface area contributed by atoms with Gasteiger partial charge in [-0.1, -0.05) is 48.5 Å². The normalized spacial score (nSPS) is 16.6. The summed E-state index contributed by atoms with van der Waals surface area (Å²) in [4.78, 5) is 47.4. The predicted octanol–water partition coefficient (Wildman–Crippen LogP) is 3.90. The van der Waals surface area contributed by atoms with Crippen LogP contribution in [0.1, 0.15) is 44.7 Å². The van der Waals surface area contributed by atoms with E-state index in [1.54, 1.807) is 49.0 Å². The van der Waals surface area contributed by atoms with Crippen molar-refractivity contribution < 1.29 is 23.9 Å². The number of nitrogens with zero attached hydrogens (tertiary/aromatic N) is 4. The van der Waals surface area contributed by atoms with Crippen LogP contribution in [0.4, 0.5) is 10.5 Å². The lowest BCUT2D eigenvalue weighted by Gasteiger charge is -2.41. The Morgan fingerprint density at radius 1 is 1.02 bits per heavy atom. The molecule has 3 heterocycles. The summed E-state index contributed by atoms with van der Waals surface area (Å²) in [5, 5.41) is 2.74. The monoisotopic (exact) mass is 573 g/mol. The summed E-state index contributed by atoms with van der Waals surface area (Å²) < 4.78 is 13.1. The first-order valence-electron chi connectivity index (χ1n) is 14.4. The second-order valence-corrected chi connectivity index (χ2v) is 12.0. The molecule has 0 aliphatic carbocycles. The minimum atomic E-state index is -0.887. The van der Waals surface area contributed by atoms with E-state index in [0.717, 1.165) is 16.8 Å². The molecule has 3 amide bonds. The van der Waals surface area contributed by atoms with E-state index >= 15 is 0 Å². The number of para-hydroxylation sites is 1. The lowest BCUT2D eigenvalue weighted by Crippen LogP contribution is -2.55. The van der Waals surface area contributed by atoms with Crippen molar-refractivity contribution in [3.8, 4) is 0 Å². The third kappa shape index (κ3) is 6.82. The quantitative estimate of drug-likeness (QED) is 0.438. The average Bonchev–Trinajstić information content (AvgIpc) is 3.59. The number of aromatic nitrogens is 2. The van der Waals surface area contributed by atoms with Crippen molar-refractivity contribution in [1.82, 2.24) is 19.8 Å². The summed E-state index contributed by atoms with van der Waals surface area (Å²) in [5.74, 6) is -0.198. The Morgan fingerprint density at radius 3 is 2.43 bits per heavy atom. The topological polar surface area (TPSA) is 106 Å². The van der Waals surface area contributed by atoms with Crippen LogP contribution in [0, 0.1) is 0 Å². The molecule has 5 rings (SSSR count). The molecule has 10 heteroatoms. The zero-order chi connectivity index (χ0) is 29.7. The van der Waals surface area contributed by atoms with Crippen LogP contribution in [-0.4, -0.2) is 70.2 Å². The van der Waals surface area contributed by atoms with Gasteiger partial charge in [-0.15, -0.1) is 0 Å². The van der Waals surface area contributed by atoms with E-state index in [-0.39, 0.29) is 30.4 Å². The molecule has 42 heavy (non-hydrogen) atoms. The van der Waals surface area contributed by atoms with Crippen molar-refractivity contribution in [3.05, 3.63) is 84.4 Å². The number of nitrogens with one attached hydrogen (secondary N) is 1. The zero-order valence-corrected chi connectivity index (χ0v) is 24.5. The van der Waals surface area contributed by atoms with Crippen molar-refractivity contribution in [2.75, 3.05) is 31.1 Å². The fraction of sp³-hybridized carbons (Fsp3) is 0.438. The van der Waals surface area contributed by atoms with E-state index in [0.29, 0.717) is 39.1 Å². The summed E-state index contributed by atoms with van der Waals surface area (Å²) in [7, 11) is 0. The SMILES string of the molecule is CC(C)(C)OC(=O)N[C@H](COCc1ccccc1)C(=O)N1CCC2(CC1)CN(C(=O)Cn1ccnc1)c1ccccc12. The Kier molecular flexibility index (Phi) is 8.63. The van der Waals surface area contributed by atoms with Gasteiger partial charge in [-0.05, 0) is 50.8 Å². The maximum absolute atomic E-state index is 13.7. The number of ether oxygens (including phenoxy) is 2. The highest BCUT2D eigenvalue weighted by Gasteiger charge is 2.47. The molecule has 2 aliphatic rings. The van der Waals surface area contributed by atoms with Crippen molar-refractivity contribution in [3.63, 3.8) is 0 Å². The van der Waals surface area contributed by atoms with Crippen LogP contribution >= 0.6 is 0 Å². The Bertz CT molecular complexity index is 1380. The van der Waals surface area contributed by atoms with Gasteiger partial charge in [0.1, 0.15) is 18.2 Å². The lowest BCUT2D eigenvalue weighted by atomic mass is 9.74. The maximum Gasteiger partial charge on any atom is 0.408 e. The first-order chi connectivity index (χ1) is 20.1. The molecule has 0 radical (unpaired) electrons. The zero-order valence-electron chi connectivity index (χ0n) is 24.5. The number of carbonyl (C=O) groups is 3. The molecular weight excluding hydrogens is 534 g/mol. The minimum absolute atomic E-state index is 0.00743. The van der Waals surface area contributed by atoms with Gasteiger partial charge in [0.15, 0.2) is 0 Å². The van der Waals surface area contributed by atoms with Gasteiger partial charge in [0.05, 0.1) is 19.5 Å². The van der Waals surface area contributed by atoms with Gasteiger partial charge >= 0.3 is 6.09 Å². The van der Waals surface area contributed by atoms with Crippen molar-refractivity contribution in [2.45, 2.75) is 63.8 Å². The van der Waals surface area contributed by atoms with Gasteiger partial charge in [-0.2, -0.15) is 0 Å². The lowest BCUT2D eigenvalue weighted by molar-refractivity contribution is -0.137. The molecule has 2 aliphatic heterocycles. The molecule has 10 nitrogen and oxygen atoms in total. The fourth-order valence-corrected chi connectivity index (χ4v) is 5.77. The van der Waals surface area contributed by atoms with Gasteiger partial charge in [-0.3, -0.25) is 9.59 Å². The van der Waals surface area contributed by atoms with Crippen LogP contribution in [0.2, 0.25) is 0 Å². The molecule has 3 aromatic rings. The number of benzene rings is 2. The number of imidazole rings is 1. The summed E-state index contributed by atoms with van der Waals surface area (Å²) in [6.45, 7) is 7.48. The number of fused-ring (bicyclic) bond motifs is 2. The van der Waals surface area contributed by atoms with Crippen molar-refractivity contribution in [1.29, 1.82) is 0 Å². The molecule has 2 aromatic carbocycles. The van der Waals surface area contributed by atoms with E-state index in [1.165, 1.54) is 0 Å². The van der Waals surface area contributed by atoms with Crippen LogP contribution in [0.5, 0.6) is 0 Å². The second-order valence-electron chi connectivity index (χ2n) is 12.0. The Labute approximate surface area is 246 Å². The number of carbonyl (C=O) groups excluding carboxylic acids is 3. The molecular formula is C32H39N5O5. The summed E-state index contributed by atoms with van der Waals surface area (Å²) in [6, 6.07) is 16.9. The number of amides is 3. The number of anilines is 1. The fourth-order valence-electron chi connectivity index (χ4n) is 5.77. The Balaban J connectivity index is 1.26. The number of rotatable bonds is 8. The molecule has 1 fully saturated rings. The van der Waals surface area contributed by atoms with E-state index in [1.807, 2.05) is 53.4 Å². The number of alkyl carbamates (subject to hydrolysis) is 1. The van der Waals surface area contributed by atoms with Crippen LogP contribution < -0.4 is 10.2 Å². The highest BCUT2D eigenvalue weighted by molar-refractivity contribution is 5.96. The van der Waals surface area contributed by atoms with E-state index in [2.05, 4.69) is 16.4 Å². The Hall–Kier alpha value is -4.18. The van der Waals surface area contributed by atoms with Gasteiger partial charge in [0, 0.05) is 43.1 Å². The number of hydrogen-bond donors (Lipinski definition) is 1. The second kappa shape index (κ2) is 12.4. The minimum Gasteiger partial charge on any atom is -0.444 e. The van der Waals surface area contributed by atoms with Crippen LogP contribution in [0.3, 0.4) is 0 Å². The average molecular weight is 574 g/mol. The smallest absolute Gasteiger partial charge is 0.408 e. The molecule has 1 saturated heterocycles. The van der Waals surface area contributed by atoms with Crippen LogP contribution in [-0.2, 0) is 37.6 Å². The summed E-state index contributed by atoms with van der Waals surface area (Å²) in [6.07, 6.45) is 5.84. The molecule has 0 bridgehead atoms.